The molecule has 1 aromatic heterocycles. The number of hydrogen-bond donors (Lipinski definition) is 1. The molecule has 3 aromatic rings. The number of carbonyl (C=O) groups is 3. The summed E-state index contributed by atoms with van der Waals surface area (Å²) < 4.78 is 11.5. The number of rotatable bonds is 9. The van der Waals surface area contributed by atoms with Crippen molar-refractivity contribution >= 4 is 55.8 Å². The second-order valence-corrected chi connectivity index (χ2v) is 10.5. The average molecular weight is 600 g/mol. The van der Waals surface area contributed by atoms with Gasteiger partial charge in [-0.3, -0.25) is 14.5 Å². The number of Topliss-reactive ketones (excluding diaryl/α,β-unsaturated/α-hetero) is 1. The maximum absolute atomic E-state index is 13.4. The van der Waals surface area contributed by atoms with E-state index in [4.69, 9.17) is 9.47 Å². The smallest absolute Gasteiger partial charge is 0.350 e. The molecular weight excluding hydrogens is 572 g/mol. The standard InChI is InChI=1S/C28H27BrN2O6S/c1-4-6-14-37-20-12-10-17(11-13-20)23(32)21-22(18-8-7-9-19(29)15-18)31(26(34)24(21)33)28-30-16(3)25(38-28)27(35)36-5-2/h7-13,15,22,32H,4-6,14H2,1-3H3/b23-21-. The molecule has 1 aliphatic rings. The molecule has 1 saturated heterocycles. The van der Waals surface area contributed by atoms with Gasteiger partial charge in [0.15, 0.2) is 5.13 Å². The van der Waals surface area contributed by atoms with Gasteiger partial charge >= 0.3 is 11.9 Å². The number of halogens is 1. The lowest BCUT2D eigenvalue weighted by Crippen LogP contribution is -2.29. The van der Waals surface area contributed by atoms with Crippen molar-refractivity contribution in [3.63, 3.8) is 0 Å². The maximum Gasteiger partial charge on any atom is 0.350 e. The predicted octanol–water partition coefficient (Wildman–Crippen LogP) is 6.20. The van der Waals surface area contributed by atoms with E-state index in [1.807, 2.05) is 6.07 Å². The van der Waals surface area contributed by atoms with Crippen LogP contribution in [0, 0.1) is 6.92 Å². The third kappa shape index (κ3) is 5.51. The Morgan fingerprint density at radius 3 is 2.55 bits per heavy atom. The highest BCUT2D eigenvalue weighted by molar-refractivity contribution is 9.10. The molecule has 1 unspecified atom stereocenters. The molecule has 1 N–H and O–H groups in total. The highest BCUT2D eigenvalue weighted by atomic mass is 79.9. The van der Waals surface area contributed by atoms with Gasteiger partial charge in [-0.05, 0) is 62.2 Å². The number of aliphatic hydroxyl groups is 1. The van der Waals surface area contributed by atoms with Crippen LogP contribution in [-0.4, -0.2) is 41.0 Å². The number of unbranched alkanes of at least 4 members (excludes halogenated alkanes) is 1. The molecule has 4 rings (SSSR count). The summed E-state index contributed by atoms with van der Waals surface area (Å²) in [7, 11) is 0. The number of nitrogens with zero attached hydrogens (tertiary/aromatic N) is 2. The molecule has 2 heterocycles. The summed E-state index contributed by atoms with van der Waals surface area (Å²) in [5.74, 6) is -1.91. The van der Waals surface area contributed by atoms with Crippen LogP contribution < -0.4 is 9.64 Å². The summed E-state index contributed by atoms with van der Waals surface area (Å²) in [5.41, 5.74) is 1.27. The first-order valence-corrected chi connectivity index (χ1v) is 13.8. The van der Waals surface area contributed by atoms with Gasteiger partial charge in [0.1, 0.15) is 16.4 Å². The Labute approximate surface area is 233 Å². The Morgan fingerprint density at radius 1 is 1.16 bits per heavy atom. The predicted molar refractivity (Wildman–Crippen MR) is 149 cm³/mol. The number of carbonyl (C=O) groups excluding carboxylic acids is 3. The minimum absolute atomic E-state index is 0.0710. The molecule has 10 heteroatoms. The van der Waals surface area contributed by atoms with E-state index in [2.05, 4.69) is 27.8 Å². The molecule has 0 saturated carbocycles. The molecular formula is C28H27BrN2O6S. The third-order valence-corrected chi connectivity index (χ3v) is 7.59. The van der Waals surface area contributed by atoms with Crippen molar-refractivity contribution in [2.45, 2.75) is 39.7 Å². The molecule has 198 valence electrons. The van der Waals surface area contributed by atoms with Gasteiger partial charge < -0.3 is 14.6 Å². The topological polar surface area (TPSA) is 106 Å². The van der Waals surface area contributed by atoms with Crippen molar-refractivity contribution < 1.29 is 29.0 Å². The van der Waals surface area contributed by atoms with Crippen LogP contribution in [0.5, 0.6) is 5.75 Å². The van der Waals surface area contributed by atoms with Crippen LogP contribution >= 0.6 is 27.3 Å². The Morgan fingerprint density at radius 2 is 1.89 bits per heavy atom. The summed E-state index contributed by atoms with van der Waals surface area (Å²) in [5, 5.41) is 11.5. The van der Waals surface area contributed by atoms with E-state index in [0.29, 0.717) is 29.2 Å². The number of aliphatic hydroxyl groups excluding tert-OH is 1. The van der Waals surface area contributed by atoms with Crippen LogP contribution in [0.4, 0.5) is 5.13 Å². The summed E-state index contributed by atoms with van der Waals surface area (Å²) in [6.45, 7) is 6.19. The van der Waals surface area contributed by atoms with Crippen molar-refractivity contribution in [3.05, 3.63) is 80.3 Å². The quantitative estimate of drug-likeness (QED) is 0.103. The van der Waals surface area contributed by atoms with Gasteiger partial charge in [0, 0.05) is 10.0 Å². The molecule has 8 nitrogen and oxygen atoms in total. The van der Waals surface area contributed by atoms with E-state index < -0.39 is 23.7 Å². The monoisotopic (exact) mass is 598 g/mol. The number of esters is 1. The van der Waals surface area contributed by atoms with Gasteiger partial charge in [0.25, 0.3) is 5.78 Å². The van der Waals surface area contributed by atoms with Crippen molar-refractivity contribution in [2.75, 3.05) is 18.1 Å². The molecule has 1 atom stereocenters. The largest absolute Gasteiger partial charge is 0.507 e. The van der Waals surface area contributed by atoms with E-state index in [9.17, 15) is 19.5 Å². The van der Waals surface area contributed by atoms with E-state index >= 15 is 0 Å². The Hall–Kier alpha value is -3.50. The molecule has 0 spiro atoms. The lowest BCUT2D eigenvalue weighted by Gasteiger charge is -2.23. The summed E-state index contributed by atoms with van der Waals surface area (Å²) in [6, 6.07) is 12.9. The van der Waals surface area contributed by atoms with Gasteiger partial charge in [-0.25, -0.2) is 9.78 Å². The molecule has 0 bridgehead atoms. The summed E-state index contributed by atoms with van der Waals surface area (Å²) in [6.07, 6.45) is 1.93. The van der Waals surface area contributed by atoms with Crippen molar-refractivity contribution in [1.29, 1.82) is 0 Å². The first-order valence-electron chi connectivity index (χ1n) is 12.2. The van der Waals surface area contributed by atoms with Crippen LogP contribution in [0.1, 0.15) is 59.2 Å². The number of ether oxygens (including phenoxy) is 2. The van der Waals surface area contributed by atoms with Crippen molar-refractivity contribution in [3.8, 4) is 5.75 Å². The van der Waals surface area contributed by atoms with E-state index in [0.717, 1.165) is 28.7 Å². The van der Waals surface area contributed by atoms with Gasteiger partial charge in [-0.1, -0.05) is 52.7 Å². The van der Waals surface area contributed by atoms with E-state index in [1.165, 1.54) is 4.90 Å². The van der Waals surface area contributed by atoms with Gasteiger partial charge in [-0.2, -0.15) is 0 Å². The zero-order valence-electron chi connectivity index (χ0n) is 21.2. The summed E-state index contributed by atoms with van der Waals surface area (Å²) in [4.78, 5) is 45.1. The van der Waals surface area contributed by atoms with Crippen LogP contribution in [0.2, 0.25) is 0 Å². The second kappa shape index (κ2) is 11.9. The number of ketones is 1. The van der Waals surface area contributed by atoms with Crippen LogP contribution in [0.25, 0.3) is 5.76 Å². The fraction of sp³-hybridized carbons (Fsp3) is 0.286. The number of hydrogen-bond acceptors (Lipinski definition) is 8. The summed E-state index contributed by atoms with van der Waals surface area (Å²) >= 11 is 4.42. The molecule has 0 radical (unpaired) electrons. The molecule has 0 aliphatic carbocycles. The molecule has 1 amide bonds. The average Bonchev–Trinajstić information content (AvgIpc) is 3.41. The first kappa shape index (κ1) is 27.5. The molecule has 1 fully saturated rings. The Bertz CT molecular complexity index is 1400. The number of anilines is 1. The second-order valence-electron chi connectivity index (χ2n) is 8.58. The fourth-order valence-corrected chi connectivity index (χ4v) is 5.50. The third-order valence-electron chi connectivity index (χ3n) is 5.96. The lowest BCUT2D eigenvalue weighted by molar-refractivity contribution is -0.132. The minimum atomic E-state index is -0.964. The van der Waals surface area contributed by atoms with Crippen molar-refractivity contribution in [2.24, 2.45) is 0 Å². The highest BCUT2D eigenvalue weighted by Gasteiger charge is 2.48. The van der Waals surface area contributed by atoms with E-state index in [-0.39, 0.29) is 27.9 Å². The normalized spacial score (nSPS) is 16.6. The van der Waals surface area contributed by atoms with Gasteiger partial charge in [-0.15, -0.1) is 0 Å². The number of aryl methyl sites for hydroxylation is 1. The van der Waals surface area contributed by atoms with Gasteiger partial charge in [0.2, 0.25) is 0 Å². The number of amides is 1. The molecule has 38 heavy (non-hydrogen) atoms. The van der Waals surface area contributed by atoms with Crippen LogP contribution in [-0.2, 0) is 14.3 Å². The lowest BCUT2D eigenvalue weighted by atomic mass is 9.95. The SMILES string of the molecule is CCCCOc1ccc(/C(O)=C2/C(=O)C(=O)N(c3nc(C)c(C(=O)OCC)s3)C2c2cccc(Br)c2)cc1. The number of benzene rings is 2. The highest BCUT2D eigenvalue weighted by Crippen LogP contribution is 2.44. The first-order chi connectivity index (χ1) is 18.3. The Kier molecular flexibility index (Phi) is 8.63. The van der Waals surface area contributed by atoms with Gasteiger partial charge in [0.05, 0.1) is 30.5 Å². The number of aromatic nitrogens is 1. The van der Waals surface area contributed by atoms with Crippen LogP contribution in [0.3, 0.4) is 0 Å². The zero-order chi connectivity index (χ0) is 27.4. The minimum Gasteiger partial charge on any atom is -0.507 e. The molecule has 1 aliphatic heterocycles. The Balaban J connectivity index is 1.81. The zero-order valence-corrected chi connectivity index (χ0v) is 23.6. The maximum atomic E-state index is 13.4. The van der Waals surface area contributed by atoms with Crippen LogP contribution in [0.15, 0.2) is 58.6 Å². The fourth-order valence-electron chi connectivity index (χ4n) is 4.09. The van der Waals surface area contributed by atoms with E-state index in [1.54, 1.807) is 56.3 Å². The number of thiazole rings is 1. The van der Waals surface area contributed by atoms with Crippen molar-refractivity contribution in [1.82, 2.24) is 4.98 Å². The molecule has 2 aromatic carbocycles.